The predicted octanol–water partition coefficient (Wildman–Crippen LogP) is 1.54. The Bertz CT molecular complexity index is 384. The fourth-order valence-corrected chi connectivity index (χ4v) is 3.25. The first-order valence-corrected chi connectivity index (χ1v) is 6.70. The van der Waals surface area contributed by atoms with Crippen LogP contribution in [0.25, 0.3) is 0 Å². The van der Waals surface area contributed by atoms with Gasteiger partial charge in [0, 0.05) is 0 Å². The first-order chi connectivity index (χ1) is 7.11. The van der Waals surface area contributed by atoms with E-state index in [1.807, 2.05) is 37.3 Å². The summed E-state index contributed by atoms with van der Waals surface area (Å²) in [6.07, 6.45) is 0.534. The van der Waals surface area contributed by atoms with Crippen LogP contribution in [0.15, 0.2) is 30.3 Å². The highest BCUT2D eigenvalue weighted by molar-refractivity contribution is 7.91. The lowest BCUT2D eigenvalue weighted by molar-refractivity contribution is 0.319. The lowest BCUT2D eigenvalue weighted by Gasteiger charge is -2.15. The molecule has 15 heavy (non-hydrogen) atoms. The number of rotatable bonds is 5. The molecule has 4 heteroatoms. The summed E-state index contributed by atoms with van der Waals surface area (Å²) in [5, 5.41) is 8.22. The highest BCUT2D eigenvalue weighted by Crippen LogP contribution is 2.25. The third kappa shape index (κ3) is 3.04. The Morgan fingerprint density at radius 3 is 2.33 bits per heavy atom. The van der Waals surface area contributed by atoms with E-state index in [0.717, 1.165) is 5.56 Å². The summed E-state index contributed by atoms with van der Waals surface area (Å²) in [4.78, 5) is 0. The van der Waals surface area contributed by atoms with Crippen molar-refractivity contribution in [2.75, 3.05) is 12.4 Å². The van der Waals surface area contributed by atoms with Crippen molar-refractivity contribution in [3.8, 4) is 0 Å². The predicted molar refractivity (Wildman–Crippen MR) is 60.3 cm³/mol. The van der Waals surface area contributed by atoms with Crippen molar-refractivity contribution in [2.24, 2.45) is 0 Å². The molecule has 0 amide bonds. The summed E-state index contributed by atoms with van der Waals surface area (Å²) in [6, 6.07) is 9.12. The van der Waals surface area contributed by atoms with Crippen molar-refractivity contribution >= 4 is 9.84 Å². The highest BCUT2D eigenvalue weighted by atomic mass is 32.2. The van der Waals surface area contributed by atoms with Crippen molar-refractivity contribution < 1.29 is 13.5 Å². The minimum atomic E-state index is -3.23. The van der Waals surface area contributed by atoms with Gasteiger partial charge in [-0.25, -0.2) is 8.42 Å². The first kappa shape index (κ1) is 12.2. The van der Waals surface area contributed by atoms with Gasteiger partial charge in [-0.1, -0.05) is 37.3 Å². The normalized spacial score (nSPS) is 13.7. The van der Waals surface area contributed by atoms with Crippen LogP contribution in [0.3, 0.4) is 0 Å². The lowest BCUT2D eigenvalue weighted by atomic mass is 10.1. The number of hydrogen-bond acceptors (Lipinski definition) is 3. The fraction of sp³-hybridized carbons (Fsp3) is 0.455. The second-order valence-electron chi connectivity index (χ2n) is 3.40. The van der Waals surface area contributed by atoms with Crippen LogP contribution in [0.1, 0.15) is 24.2 Å². The maximum absolute atomic E-state index is 11.8. The van der Waals surface area contributed by atoms with E-state index in [4.69, 9.17) is 5.11 Å². The molecule has 0 bridgehead atoms. The Morgan fingerprint density at radius 2 is 1.87 bits per heavy atom. The Kier molecular flexibility index (Phi) is 4.29. The molecule has 0 heterocycles. The Hall–Kier alpha value is -0.870. The monoisotopic (exact) mass is 228 g/mol. The van der Waals surface area contributed by atoms with E-state index in [9.17, 15) is 8.42 Å². The van der Waals surface area contributed by atoms with Crippen LogP contribution in [0, 0.1) is 0 Å². The molecule has 1 atom stereocenters. The second-order valence-corrected chi connectivity index (χ2v) is 5.70. The zero-order valence-electron chi connectivity index (χ0n) is 8.76. The molecule has 1 rings (SSSR count). The molecule has 0 aliphatic heterocycles. The van der Waals surface area contributed by atoms with Gasteiger partial charge in [0.25, 0.3) is 0 Å². The molecule has 1 aromatic carbocycles. The van der Waals surface area contributed by atoms with Crippen molar-refractivity contribution in [3.05, 3.63) is 35.9 Å². The van der Waals surface area contributed by atoms with E-state index in [-0.39, 0.29) is 12.4 Å². The average Bonchev–Trinajstić information content (AvgIpc) is 2.19. The number of sulfone groups is 1. The summed E-state index contributed by atoms with van der Waals surface area (Å²) in [7, 11) is -3.23. The highest BCUT2D eigenvalue weighted by Gasteiger charge is 2.24. The van der Waals surface area contributed by atoms with E-state index in [2.05, 4.69) is 0 Å². The van der Waals surface area contributed by atoms with E-state index in [1.165, 1.54) is 0 Å². The Labute approximate surface area is 90.7 Å². The van der Waals surface area contributed by atoms with Gasteiger partial charge in [-0.3, -0.25) is 0 Å². The molecule has 0 spiro atoms. The van der Waals surface area contributed by atoms with E-state index < -0.39 is 15.1 Å². The van der Waals surface area contributed by atoms with Gasteiger partial charge in [0.2, 0.25) is 0 Å². The lowest BCUT2D eigenvalue weighted by Crippen LogP contribution is -2.18. The summed E-state index contributed by atoms with van der Waals surface area (Å²) in [5.41, 5.74) is 0.799. The maximum Gasteiger partial charge on any atom is 0.159 e. The number of benzene rings is 1. The fourth-order valence-electron chi connectivity index (χ4n) is 1.63. The van der Waals surface area contributed by atoms with Crippen molar-refractivity contribution in [1.82, 2.24) is 0 Å². The molecule has 0 aliphatic carbocycles. The van der Waals surface area contributed by atoms with Gasteiger partial charge in [0.15, 0.2) is 9.84 Å². The summed E-state index contributed by atoms with van der Waals surface area (Å²) in [5.74, 6) is -0.166. The van der Waals surface area contributed by atoms with Crippen molar-refractivity contribution in [2.45, 2.75) is 18.6 Å². The molecule has 1 aromatic rings. The molecule has 84 valence electrons. The molecule has 0 aromatic heterocycles. The summed E-state index contributed by atoms with van der Waals surface area (Å²) in [6.45, 7) is 1.53. The average molecular weight is 228 g/mol. The molecular formula is C11H16O3S. The van der Waals surface area contributed by atoms with Crippen LogP contribution in [-0.4, -0.2) is 25.9 Å². The molecular weight excluding hydrogens is 212 g/mol. The van der Waals surface area contributed by atoms with Gasteiger partial charge in [-0.15, -0.1) is 0 Å². The first-order valence-electron chi connectivity index (χ1n) is 4.99. The van der Waals surface area contributed by atoms with Crippen LogP contribution in [-0.2, 0) is 9.84 Å². The van der Waals surface area contributed by atoms with Crippen LogP contribution in [0.2, 0.25) is 0 Å². The molecule has 0 saturated heterocycles. The molecule has 1 unspecified atom stereocenters. The second kappa shape index (κ2) is 5.28. The van der Waals surface area contributed by atoms with Crippen LogP contribution in [0.5, 0.6) is 0 Å². The van der Waals surface area contributed by atoms with Gasteiger partial charge in [0.1, 0.15) is 0 Å². The summed E-state index contributed by atoms with van der Waals surface area (Å²) < 4.78 is 23.6. The van der Waals surface area contributed by atoms with Gasteiger partial charge in [0.05, 0.1) is 17.6 Å². The summed E-state index contributed by atoms with van der Waals surface area (Å²) >= 11 is 0. The topological polar surface area (TPSA) is 54.4 Å². The molecule has 1 N–H and O–H groups in total. The van der Waals surface area contributed by atoms with Gasteiger partial charge >= 0.3 is 0 Å². The van der Waals surface area contributed by atoms with E-state index >= 15 is 0 Å². The zero-order chi connectivity index (χ0) is 11.3. The molecule has 0 saturated carbocycles. The quantitative estimate of drug-likeness (QED) is 0.831. The Balaban J connectivity index is 3.00. The van der Waals surface area contributed by atoms with Gasteiger partial charge in [-0.2, -0.15) is 0 Å². The van der Waals surface area contributed by atoms with Gasteiger partial charge < -0.3 is 5.11 Å². The third-order valence-electron chi connectivity index (χ3n) is 2.35. The molecule has 3 nitrogen and oxygen atoms in total. The molecule has 0 aliphatic rings. The van der Waals surface area contributed by atoms with Gasteiger partial charge in [-0.05, 0) is 12.0 Å². The van der Waals surface area contributed by atoms with E-state index in [1.54, 1.807) is 0 Å². The standard InChI is InChI=1S/C11H16O3S/c1-2-11(15(13,14)9-8-12)10-6-4-3-5-7-10/h3-7,11-12H,2,8-9H2,1H3. The number of aliphatic hydroxyl groups is 1. The molecule has 0 radical (unpaired) electrons. The van der Waals surface area contributed by atoms with Crippen LogP contribution in [0.4, 0.5) is 0 Å². The minimum absolute atomic E-state index is 0.166. The molecule has 0 fully saturated rings. The smallest absolute Gasteiger partial charge is 0.159 e. The third-order valence-corrected chi connectivity index (χ3v) is 4.58. The SMILES string of the molecule is CCC(c1ccccc1)S(=O)(=O)CCO. The maximum atomic E-state index is 11.8. The van der Waals surface area contributed by atoms with Crippen molar-refractivity contribution in [3.63, 3.8) is 0 Å². The zero-order valence-corrected chi connectivity index (χ0v) is 9.57. The minimum Gasteiger partial charge on any atom is -0.395 e. The van der Waals surface area contributed by atoms with Crippen LogP contribution < -0.4 is 0 Å². The number of aliphatic hydroxyl groups excluding tert-OH is 1. The Morgan fingerprint density at radius 1 is 1.27 bits per heavy atom. The number of hydrogen-bond donors (Lipinski definition) is 1. The largest absolute Gasteiger partial charge is 0.395 e. The van der Waals surface area contributed by atoms with Crippen molar-refractivity contribution in [1.29, 1.82) is 0 Å². The van der Waals surface area contributed by atoms with Crippen LogP contribution >= 0.6 is 0 Å². The van der Waals surface area contributed by atoms with E-state index in [0.29, 0.717) is 6.42 Å².